The summed E-state index contributed by atoms with van der Waals surface area (Å²) in [7, 11) is 0. The zero-order valence-corrected chi connectivity index (χ0v) is 19.8. The molecule has 2 aromatic heterocycles. The Morgan fingerprint density at radius 1 is 1.18 bits per heavy atom. The molecule has 7 nitrogen and oxygen atoms in total. The molecule has 0 N–H and O–H groups in total. The van der Waals surface area contributed by atoms with Gasteiger partial charge in [0.25, 0.3) is 5.56 Å². The summed E-state index contributed by atoms with van der Waals surface area (Å²) in [6.07, 6.45) is 5.20. The molecule has 0 saturated carbocycles. The maximum atomic E-state index is 13.5. The maximum absolute atomic E-state index is 13.5. The van der Waals surface area contributed by atoms with Gasteiger partial charge in [0.1, 0.15) is 5.75 Å². The van der Waals surface area contributed by atoms with E-state index in [0.717, 1.165) is 16.9 Å². The molecule has 170 valence electrons. The van der Waals surface area contributed by atoms with Crippen LogP contribution in [0.5, 0.6) is 5.75 Å². The van der Waals surface area contributed by atoms with E-state index in [1.165, 1.54) is 11.3 Å². The van der Waals surface area contributed by atoms with Crippen molar-refractivity contribution in [2.75, 3.05) is 6.61 Å². The molecule has 1 atom stereocenters. The Morgan fingerprint density at radius 2 is 1.88 bits per heavy atom. The van der Waals surface area contributed by atoms with Crippen molar-refractivity contribution < 1.29 is 14.3 Å². The molecule has 0 fully saturated rings. The van der Waals surface area contributed by atoms with E-state index in [4.69, 9.17) is 9.47 Å². The van der Waals surface area contributed by atoms with Crippen molar-refractivity contribution >= 4 is 23.4 Å². The van der Waals surface area contributed by atoms with Crippen LogP contribution in [0.1, 0.15) is 44.9 Å². The standard InChI is InChI=1S/C25H25N3O4S/c1-5-31-24(30)21-16(4)27-25-28(22(21)18-6-8-19(9-7-18)32-15(2)3)23(29)20(33-25)14-17-10-12-26-13-11-17/h6-15,22H,5H2,1-4H3/b20-14+/t22-/m0/s1. The Balaban J connectivity index is 1.90. The lowest BCUT2D eigenvalue weighted by Crippen LogP contribution is -2.39. The van der Waals surface area contributed by atoms with Gasteiger partial charge in [0.15, 0.2) is 4.80 Å². The zero-order chi connectivity index (χ0) is 23.5. The van der Waals surface area contributed by atoms with E-state index in [0.29, 0.717) is 20.6 Å². The number of allylic oxidation sites excluding steroid dienone is 1. The third-order valence-electron chi connectivity index (χ3n) is 5.09. The van der Waals surface area contributed by atoms with Crippen molar-refractivity contribution in [1.82, 2.24) is 9.55 Å². The number of fused-ring (bicyclic) bond motifs is 1. The fraction of sp³-hybridized carbons (Fsp3) is 0.280. The molecule has 1 aromatic carbocycles. The van der Waals surface area contributed by atoms with Crippen LogP contribution < -0.4 is 19.6 Å². The number of hydrogen-bond donors (Lipinski definition) is 0. The van der Waals surface area contributed by atoms with Crippen LogP contribution in [-0.4, -0.2) is 28.2 Å². The second-order valence-electron chi connectivity index (χ2n) is 7.82. The highest BCUT2D eigenvalue weighted by Crippen LogP contribution is 2.31. The summed E-state index contributed by atoms with van der Waals surface area (Å²) in [5.41, 5.74) is 2.33. The summed E-state index contributed by atoms with van der Waals surface area (Å²) in [4.78, 5) is 35.6. The van der Waals surface area contributed by atoms with Crippen LogP contribution >= 0.6 is 11.3 Å². The van der Waals surface area contributed by atoms with Gasteiger partial charge in [-0.2, -0.15) is 0 Å². The smallest absolute Gasteiger partial charge is 0.338 e. The Hall–Kier alpha value is -3.52. The quantitative estimate of drug-likeness (QED) is 0.525. The van der Waals surface area contributed by atoms with E-state index in [2.05, 4.69) is 9.98 Å². The molecule has 1 aliphatic heterocycles. The highest BCUT2D eigenvalue weighted by molar-refractivity contribution is 7.07. The third kappa shape index (κ3) is 4.66. The van der Waals surface area contributed by atoms with E-state index in [-0.39, 0.29) is 18.3 Å². The fourth-order valence-electron chi connectivity index (χ4n) is 3.72. The SMILES string of the molecule is CCOC(=O)C1=C(C)N=c2s/c(=C/c3ccncc3)c(=O)n2[C@H]1c1ccc(OC(C)C)cc1. The molecule has 1 aliphatic rings. The van der Waals surface area contributed by atoms with Gasteiger partial charge in [-0.25, -0.2) is 9.79 Å². The summed E-state index contributed by atoms with van der Waals surface area (Å²) >= 11 is 1.29. The molecule has 4 rings (SSSR count). The monoisotopic (exact) mass is 463 g/mol. The minimum atomic E-state index is -0.645. The highest BCUT2D eigenvalue weighted by Gasteiger charge is 2.33. The lowest BCUT2D eigenvalue weighted by Gasteiger charge is -2.25. The summed E-state index contributed by atoms with van der Waals surface area (Å²) in [5.74, 6) is 0.243. The van der Waals surface area contributed by atoms with Crippen LogP contribution in [-0.2, 0) is 9.53 Å². The molecular weight excluding hydrogens is 438 g/mol. The number of carbonyl (C=O) groups excluding carboxylic acids is 1. The molecule has 0 aliphatic carbocycles. The molecule has 3 heterocycles. The Labute approximate surface area is 195 Å². The topological polar surface area (TPSA) is 82.8 Å². The molecule has 0 bridgehead atoms. The van der Waals surface area contributed by atoms with Crippen molar-refractivity contribution in [2.45, 2.75) is 39.8 Å². The molecule has 3 aromatic rings. The Morgan fingerprint density at radius 3 is 2.52 bits per heavy atom. The number of rotatable bonds is 6. The van der Waals surface area contributed by atoms with Gasteiger partial charge in [-0.15, -0.1) is 0 Å². The van der Waals surface area contributed by atoms with Crippen molar-refractivity contribution in [1.29, 1.82) is 0 Å². The lowest BCUT2D eigenvalue weighted by molar-refractivity contribution is -0.139. The first-order valence-corrected chi connectivity index (χ1v) is 11.6. The van der Waals surface area contributed by atoms with E-state index in [1.807, 2.05) is 56.3 Å². The van der Waals surface area contributed by atoms with Crippen molar-refractivity contribution in [2.24, 2.45) is 4.99 Å². The first kappa shape index (κ1) is 22.7. The summed E-state index contributed by atoms with van der Waals surface area (Å²) in [6, 6.07) is 10.5. The molecule has 8 heteroatoms. The summed E-state index contributed by atoms with van der Waals surface area (Å²) < 4.78 is 13.2. The van der Waals surface area contributed by atoms with Gasteiger partial charge in [0.2, 0.25) is 0 Å². The molecule has 0 unspecified atom stereocenters. The van der Waals surface area contributed by atoms with Gasteiger partial charge in [0, 0.05) is 12.4 Å². The Kier molecular flexibility index (Phi) is 6.55. The van der Waals surface area contributed by atoms with Crippen molar-refractivity contribution in [3.63, 3.8) is 0 Å². The van der Waals surface area contributed by atoms with Gasteiger partial charge in [-0.05, 0) is 69.2 Å². The fourth-order valence-corrected chi connectivity index (χ4v) is 4.77. The van der Waals surface area contributed by atoms with Gasteiger partial charge in [-0.3, -0.25) is 14.3 Å². The second kappa shape index (κ2) is 9.54. The number of carbonyl (C=O) groups is 1. The van der Waals surface area contributed by atoms with Crippen LogP contribution in [0.15, 0.2) is 69.8 Å². The largest absolute Gasteiger partial charge is 0.491 e. The van der Waals surface area contributed by atoms with Crippen LogP contribution in [0, 0.1) is 0 Å². The normalized spacial score (nSPS) is 15.9. The zero-order valence-electron chi connectivity index (χ0n) is 18.9. The van der Waals surface area contributed by atoms with Gasteiger partial charge in [0.05, 0.1) is 34.6 Å². The molecule has 0 radical (unpaired) electrons. The summed E-state index contributed by atoms with van der Waals surface area (Å²) in [5, 5.41) is 0. The third-order valence-corrected chi connectivity index (χ3v) is 6.07. The van der Waals surface area contributed by atoms with Crippen LogP contribution in [0.4, 0.5) is 0 Å². The predicted molar refractivity (Wildman–Crippen MR) is 127 cm³/mol. The van der Waals surface area contributed by atoms with Crippen LogP contribution in [0.25, 0.3) is 6.08 Å². The molecule has 0 saturated heterocycles. The first-order chi connectivity index (χ1) is 15.9. The molecular formula is C25H25N3O4S. The number of aromatic nitrogens is 2. The number of ether oxygens (including phenoxy) is 2. The molecule has 33 heavy (non-hydrogen) atoms. The molecule has 0 spiro atoms. The van der Waals surface area contributed by atoms with Gasteiger partial charge >= 0.3 is 5.97 Å². The van der Waals surface area contributed by atoms with Crippen molar-refractivity contribution in [3.8, 4) is 5.75 Å². The van der Waals surface area contributed by atoms with Gasteiger partial charge in [-0.1, -0.05) is 23.5 Å². The predicted octanol–water partition coefficient (Wildman–Crippen LogP) is 2.98. The lowest BCUT2D eigenvalue weighted by atomic mass is 9.96. The average molecular weight is 464 g/mol. The minimum absolute atomic E-state index is 0.0407. The number of benzene rings is 1. The Bertz CT molecular complexity index is 1370. The first-order valence-electron chi connectivity index (χ1n) is 10.8. The second-order valence-corrected chi connectivity index (χ2v) is 8.83. The van der Waals surface area contributed by atoms with Crippen LogP contribution in [0.2, 0.25) is 0 Å². The van der Waals surface area contributed by atoms with E-state index in [1.54, 1.807) is 30.8 Å². The highest BCUT2D eigenvalue weighted by atomic mass is 32.1. The van der Waals surface area contributed by atoms with Crippen LogP contribution in [0.3, 0.4) is 0 Å². The average Bonchev–Trinajstić information content (AvgIpc) is 3.08. The number of hydrogen-bond acceptors (Lipinski definition) is 7. The molecule has 0 amide bonds. The summed E-state index contributed by atoms with van der Waals surface area (Å²) in [6.45, 7) is 7.68. The number of thiazole rings is 1. The number of esters is 1. The minimum Gasteiger partial charge on any atom is -0.491 e. The van der Waals surface area contributed by atoms with Crippen molar-refractivity contribution in [3.05, 3.63) is 90.9 Å². The van der Waals surface area contributed by atoms with E-state index >= 15 is 0 Å². The maximum Gasteiger partial charge on any atom is 0.338 e. The number of nitrogens with zero attached hydrogens (tertiary/aromatic N) is 3. The van der Waals surface area contributed by atoms with E-state index < -0.39 is 12.0 Å². The van der Waals surface area contributed by atoms with E-state index in [9.17, 15) is 9.59 Å². The number of pyridine rings is 1. The van der Waals surface area contributed by atoms with Gasteiger partial charge < -0.3 is 9.47 Å².